The number of hydrogen-bond acceptors (Lipinski definition) is 7. The molecule has 1 fully saturated rings. The van der Waals surface area contributed by atoms with Gasteiger partial charge in [0.1, 0.15) is 11.5 Å². The van der Waals surface area contributed by atoms with Gasteiger partial charge in [-0.05, 0) is 67.3 Å². The number of esters is 1. The molecular formula is C28H34N4O5. The van der Waals surface area contributed by atoms with Crippen molar-refractivity contribution in [2.45, 2.75) is 52.9 Å². The van der Waals surface area contributed by atoms with E-state index in [1.165, 1.54) is 6.07 Å². The van der Waals surface area contributed by atoms with Crippen LogP contribution in [0.15, 0.2) is 36.4 Å². The largest absolute Gasteiger partial charge is 0.508 e. The van der Waals surface area contributed by atoms with Crippen LogP contribution < -0.4 is 0 Å². The maximum atomic E-state index is 12.7. The minimum atomic E-state index is -0.620. The summed E-state index contributed by atoms with van der Waals surface area (Å²) in [5.74, 6) is 0.111. The maximum Gasteiger partial charge on any atom is 0.376 e. The Hall–Kier alpha value is -3.88. The van der Waals surface area contributed by atoms with E-state index in [9.17, 15) is 19.8 Å². The van der Waals surface area contributed by atoms with Crippen LogP contribution in [0.5, 0.6) is 11.5 Å². The molecule has 2 heterocycles. The van der Waals surface area contributed by atoms with E-state index < -0.39 is 5.97 Å². The van der Waals surface area contributed by atoms with Gasteiger partial charge < -0.3 is 19.8 Å². The Bertz CT molecular complexity index is 1270. The molecule has 1 aliphatic rings. The zero-order valence-corrected chi connectivity index (χ0v) is 21.8. The van der Waals surface area contributed by atoms with Crippen LogP contribution in [0, 0.1) is 5.92 Å². The van der Waals surface area contributed by atoms with Crippen molar-refractivity contribution in [3.05, 3.63) is 53.3 Å². The number of rotatable bonds is 7. The number of nitrogens with zero attached hydrogens (tertiary/aromatic N) is 4. The lowest BCUT2D eigenvalue weighted by Gasteiger charge is -2.31. The van der Waals surface area contributed by atoms with Crippen LogP contribution in [-0.4, -0.2) is 61.5 Å². The molecule has 9 nitrogen and oxygen atoms in total. The fourth-order valence-electron chi connectivity index (χ4n) is 4.83. The minimum absolute atomic E-state index is 0.000207. The number of carbonyl (C=O) groups excluding carboxylic acids is 2. The second-order valence-corrected chi connectivity index (χ2v) is 9.81. The summed E-state index contributed by atoms with van der Waals surface area (Å²) in [5.41, 5.74) is 2.81. The Morgan fingerprint density at radius 1 is 1.05 bits per heavy atom. The van der Waals surface area contributed by atoms with Gasteiger partial charge in [0.25, 0.3) is 0 Å². The van der Waals surface area contributed by atoms with Crippen LogP contribution in [0.1, 0.15) is 68.2 Å². The number of aromatic hydroxyl groups is 2. The van der Waals surface area contributed by atoms with Crippen molar-refractivity contribution in [2.75, 3.05) is 19.7 Å². The minimum Gasteiger partial charge on any atom is -0.508 e. The van der Waals surface area contributed by atoms with E-state index in [1.807, 2.05) is 43.0 Å². The van der Waals surface area contributed by atoms with E-state index in [1.54, 1.807) is 24.5 Å². The lowest BCUT2D eigenvalue weighted by atomic mass is 9.90. The molecule has 0 radical (unpaired) electrons. The van der Waals surface area contributed by atoms with Gasteiger partial charge in [0, 0.05) is 31.8 Å². The molecule has 1 aromatic heterocycles. The number of benzene rings is 2. The smallest absolute Gasteiger partial charge is 0.376 e. The molecule has 9 heteroatoms. The Labute approximate surface area is 216 Å². The van der Waals surface area contributed by atoms with Gasteiger partial charge in [-0.15, -0.1) is 10.2 Å². The summed E-state index contributed by atoms with van der Waals surface area (Å²) in [6.07, 6.45) is 2.85. The zero-order chi connectivity index (χ0) is 26.7. The molecule has 0 saturated carbocycles. The molecule has 0 spiro atoms. The first-order valence-electron chi connectivity index (χ1n) is 12.7. The molecule has 0 aliphatic carbocycles. The summed E-state index contributed by atoms with van der Waals surface area (Å²) in [7, 11) is 0. The number of likely N-dealkylation sites (tertiary alicyclic amines) is 1. The van der Waals surface area contributed by atoms with Crippen molar-refractivity contribution in [2.24, 2.45) is 5.92 Å². The van der Waals surface area contributed by atoms with Crippen molar-refractivity contribution in [1.29, 1.82) is 0 Å². The SMILES string of the molecule is CCOC(=O)c1nnc(-c2cc(C(C)C)c(O)cc2O)n1-c1ccc(CC2CCN(C(C)=O)CC2)cc1. The summed E-state index contributed by atoms with van der Waals surface area (Å²) < 4.78 is 6.78. The number of phenols is 2. The van der Waals surface area contributed by atoms with Crippen LogP contribution in [-0.2, 0) is 16.0 Å². The highest BCUT2D eigenvalue weighted by molar-refractivity contribution is 5.87. The third kappa shape index (κ3) is 5.60. The first-order chi connectivity index (χ1) is 17.7. The van der Waals surface area contributed by atoms with Crippen molar-refractivity contribution in [3.8, 4) is 28.6 Å². The van der Waals surface area contributed by atoms with Gasteiger partial charge in [0.2, 0.25) is 11.7 Å². The molecule has 37 heavy (non-hydrogen) atoms. The highest BCUT2D eigenvalue weighted by Gasteiger charge is 2.26. The summed E-state index contributed by atoms with van der Waals surface area (Å²) in [4.78, 5) is 26.2. The van der Waals surface area contributed by atoms with Crippen LogP contribution >= 0.6 is 0 Å². The van der Waals surface area contributed by atoms with Gasteiger partial charge in [-0.1, -0.05) is 26.0 Å². The van der Waals surface area contributed by atoms with Crippen LogP contribution in [0.2, 0.25) is 0 Å². The number of piperidine rings is 1. The molecule has 1 amide bonds. The summed E-state index contributed by atoms with van der Waals surface area (Å²) in [6, 6.07) is 10.8. The predicted molar refractivity (Wildman–Crippen MR) is 139 cm³/mol. The molecule has 2 N–H and O–H groups in total. The predicted octanol–water partition coefficient (Wildman–Crippen LogP) is 4.45. The normalized spacial score (nSPS) is 14.2. The number of carbonyl (C=O) groups is 2. The number of hydrogen-bond donors (Lipinski definition) is 2. The number of aromatic nitrogens is 3. The molecule has 0 atom stereocenters. The van der Waals surface area contributed by atoms with Gasteiger partial charge >= 0.3 is 5.97 Å². The molecule has 0 bridgehead atoms. The fourth-order valence-corrected chi connectivity index (χ4v) is 4.83. The lowest BCUT2D eigenvalue weighted by molar-refractivity contribution is -0.130. The summed E-state index contributed by atoms with van der Waals surface area (Å²) >= 11 is 0. The Kier molecular flexibility index (Phi) is 7.80. The first-order valence-corrected chi connectivity index (χ1v) is 12.7. The Morgan fingerprint density at radius 3 is 2.32 bits per heavy atom. The van der Waals surface area contributed by atoms with E-state index >= 15 is 0 Å². The van der Waals surface area contributed by atoms with Crippen molar-refractivity contribution < 1.29 is 24.5 Å². The van der Waals surface area contributed by atoms with E-state index in [4.69, 9.17) is 4.74 Å². The van der Waals surface area contributed by atoms with E-state index in [0.29, 0.717) is 22.7 Å². The molecule has 1 saturated heterocycles. The van der Waals surface area contributed by atoms with Crippen molar-refractivity contribution >= 4 is 11.9 Å². The average Bonchev–Trinajstić information content (AvgIpc) is 3.30. The molecule has 0 unspecified atom stereocenters. The molecule has 2 aromatic carbocycles. The average molecular weight is 507 g/mol. The number of amides is 1. The lowest BCUT2D eigenvalue weighted by Crippen LogP contribution is -2.37. The summed E-state index contributed by atoms with van der Waals surface area (Å²) in [5, 5.41) is 29.3. The van der Waals surface area contributed by atoms with Crippen LogP contribution in [0.3, 0.4) is 0 Å². The molecule has 4 rings (SSSR count). The van der Waals surface area contributed by atoms with E-state index in [2.05, 4.69) is 10.2 Å². The quantitative estimate of drug-likeness (QED) is 0.455. The van der Waals surface area contributed by atoms with Gasteiger partial charge in [0.15, 0.2) is 5.82 Å². The maximum absolute atomic E-state index is 12.7. The molecule has 1 aliphatic heterocycles. The first kappa shape index (κ1) is 26.2. The Balaban J connectivity index is 1.67. The fraction of sp³-hybridized carbons (Fsp3) is 0.429. The second kappa shape index (κ2) is 11.0. The third-order valence-electron chi connectivity index (χ3n) is 6.91. The number of ether oxygens (including phenoxy) is 1. The highest BCUT2D eigenvalue weighted by Crippen LogP contribution is 2.38. The molecular weight excluding hydrogens is 472 g/mol. The van der Waals surface area contributed by atoms with E-state index in [-0.39, 0.29) is 41.6 Å². The van der Waals surface area contributed by atoms with Gasteiger partial charge in [-0.2, -0.15) is 0 Å². The van der Waals surface area contributed by atoms with Crippen LogP contribution in [0.25, 0.3) is 17.1 Å². The van der Waals surface area contributed by atoms with Crippen LogP contribution in [0.4, 0.5) is 0 Å². The third-order valence-corrected chi connectivity index (χ3v) is 6.91. The van der Waals surface area contributed by atoms with Gasteiger partial charge in [-0.3, -0.25) is 9.36 Å². The van der Waals surface area contributed by atoms with Crippen molar-refractivity contribution in [3.63, 3.8) is 0 Å². The van der Waals surface area contributed by atoms with Gasteiger partial charge in [0.05, 0.1) is 12.2 Å². The second-order valence-electron chi connectivity index (χ2n) is 9.81. The monoisotopic (exact) mass is 506 g/mol. The molecule has 3 aromatic rings. The molecule has 196 valence electrons. The van der Waals surface area contributed by atoms with Gasteiger partial charge in [-0.25, -0.2) is 4.79 Å². The van der Waals surface area contributed by atoms with Crippen molar-refractivity contribution in [1.82, 2.24) is 19.7 Å². The highest BCUT2D eigenvalue weighted by atomic mass is 16.5. The van der Waals surface area contributed by atoms with E-state index in [0.717, 1.165) is 37.9 Å². The number of phenolic OH excluding ortho intramolecular Hbond substituents is 2. The Morgan fingerprint density at radius 2 is 1.73 bits per heavy atom. The zero-order valence-electron chi connectivity index (χ0n) is 21.8. The summed E-state index contributed by atoms with van der Waals surface area (Å²) in [6.45, 7) is 8.98. The topological polar surface area (TPSA) is 118 Å². The standard InChI is InChI=1S/C28H34N4O5/c1-5-37-28(36)27-30-29-26(23-15-22(17(2)3)24(34)16-25(23)35)32(27)21-8-6-19(7-9-21)14-20-10-12-31(13-11-20)18(4)33/h6-9,15-17,20,34-35H,5,10-14H2,1-4H3.